The number of alkyl halides is 1. The molecule has 7 heteroatoms. The molecule has 0 bridgehead atoms. The number of benzene rings is 2. The molecule has 0 spiro atoms. The lowest BCUT2D eigenvalue weighted by atomic mass is 10.1. The first kappa shape index (κ1) is 17.5. The highest BCUT2D eigenvalue weighted by Gasteiger charge is 2.29. The third-order valence-corrected chi connectivity index (χ3v) is 4.19. The Labute approximate surface area is 133 Å². The maximum atomic E-state index is 13.6. The van der Waals surface area contributed by atoms with Crippen molar-refractivity contribution in [3.05, 3.63) is 59.7 Å². The number of rotatable bonds is 7. The van der Waals surface area contributed by atoms with Gasteiger partial charge in [0.25, 0.3) is 0 Å². The average molecular weight is 340 g/mol. The minimum atomic E-state index is -4.76. The second-order valence-electron chi connectivity index (χ2n) is 4.97. The zero-order chi connectivity index (χ0) is 16.9. The fraction of sp³-hybridized carbons (Fsp3) is 0.250. The van der Waals surface area contributed by atoms with Crippen LogP contribution < -0.4 is 9.47 Å². The van der Waals surface area contributed by atoms with Crippen LogP contribution in [0.1, 0.15) is 11.1 Å². The van der Waals surface area contributed by atoms with Crippen molar-refractivity contribution < 1.29 is 28.2 Å². The summed E-state index contributed by atoms with van der Waals surface area (Å²) < 4.78 is 35.3. The highest BCUT2D eigenvalue weighted by atomic mass is 31.2. The Hall–Kier alpha value is -1.88. The number of methoxy groups -OCH3 is 1. The molecule has 2 rings (SSSR count). The first-order valence-corrected chi connectivity index (χ1v) is 8.61. The molecule has 2 aromatic carbocycles. The predicted octanol–water partition coefficient (Wildman–Crippen LogP) is 3.29. The highest BCUT2D eigenvalue weighted by molar-refractivity contribution is 7.52. The molecule has 0 amide bonds. The minimum Gasteiger partial charge on any atom is -0.497 e. The maximum Gasteiger partial charge on any atom is 0.359 e. The molecule has 2 N–H and O–H groups in total. The molecule has 5 nitrogen and oxygen atoms in total. The van der Waals surface area contributed by atoms with Gasteiger partial charge in [0.05, 0.1) is 7.11 Å². The Balaban J connectivity index is 2.06. The van der Waals surface area contributed by atoms with E-state index in [9.17, 15) is 8.96 Å². The Morgan fingerprint density at radius 1 is 1.13 bits per heavy atom. The second-order valence-corrected chi connectivity index (χ2v) is 6.71. The van der Waals surface area contributed by atoms with Crippen LogP contribution in [0.3, 0.4) is 0 Å². The molecule has 0 aliphatic carbocycles. The van der Waals surface area contributed by atoms with Crippen LogP contribution in [-0.2, 0) is 17.6 Å². The zero-order valence-corrected chi connectivity index (χ0v) is 13.4. The number of para-hydroxylation sites is 1. The van der Waals surface area contributed by atoms with E-state index in [1.54, 1.807) is 43.5 Å². The van der Waals surface area contributed by atoms with Gasteiger partial charge < -0.3 is 19.3 Å². The molecule has 0 heterocycles. The Morgan fingerprint density at radius 2 is 1.78 bits per heavy atom. The van der Waals surface area contributed by atoms with Crippen molar-refractivity contribution in [2.45, 2.75) is 18.9 Å². The van der Waals surface area contributed by atoms with Gasteiger partial charge in [0, 0.05) is 6.42 Å². The minimum absolute atomic E-state index is 0.258. The van der Waals surface area contributed by atoms with Gasteiger partial charge >= 0.3 is 7.60 Å². The molecule has 124 valence electrons. The summed E-state index contributed by atoms with van der Waals surface area (Å²) in [6.07, 6.45) is -0.400. The number of hydrogen-bond donors (Lipinski definition) is 2. The lowest BCUT2D eigenvalue weighted by molar-refractivity contribution is 0.287. The van der Waals surface area contributed by atoms with Crippen molar-refractivity contribution in [2.24, 2.45) is 0 Å². The van der Waals surface area contributed by atoms with Crippen molar-refractivity contribution in [3.8, 4) is 11.5 Å². The van der Waals surface area contributed by atoms with Gasteiger partial charge in [0.2, 0.25) is 5.91 Å². The van der Waals surface area contributed by atoms with Crippen LogP contribution in [0, 0.1) is 0 Å². The summed E-state index contributed by atoms with van der Waals surface area (Å²) in [6, 6.07) is 13.9. The van der Waals surface area contributed by atoms with Crippen molar-refractivity contribution in [1.29, 1.82) is 0 Å². The van der Waals surface area contributed by atoms with E-state index in [2.05, 4.69) is 0 Å². The number of halogens is 1. The van der Waals surface area contributed by atoms with E-state index in [1.807, 2.05) is 12.1 Å². The van der Waals surface area contributed by atoms with Crippen LogP contribution in [0.4, 0.5) is 4.39 Å². The van der Waals surface area contributed by atoms with Gasteiger partial charge in [-0.05, 0) is 29.3 Å². The van der Waals surface area contributed by atoms with E-state index in [-0.39, 0.29) is 6.61 Å². The lowest BCUT2D eigenvalue weighted by Crippen LogP contribution is -2.07. The Kier molecular flexibility index (Phi) is 5.77. The molecule has 1 atom stereocenters. The van der Waals surface area contributed by atoms with E-state index in [0.29, 0.717) is 11.3 Å². The Morgan fingerprint density at radius 3 is 2.39 bits per heavy atom. The molecule has 1 unspecified atom stereocenters. The van der Waals surface area contributed by atoms with Crippen LogP contribution in [0.15, 0.2) is 48.5 Å². The molecule has 0 fully saturated rings. The smallest absolute Gasteiger partial charge is 0.359 e. The summed E-state index contributed by atoms with van der Waals surface area (Å²) in [7, 11) is -3.18. The SMILES string of the molecule is COc1ccc(COc2ccccc2CC(F)P(=O)(O)O)cc1. The van der Waals surface area contributed by atoms with Crippen LogP contribution in [0.5, 0.6) is 11.5 Å². The summed E-state index contributed by atoms with van der Waals surface area (Å²) in [6.45, 7) is 0.258. The standard InChI is InChI=1S/C16H18FO5P/c1-21-14-8-6-12(7-9-14)11-22-15-5-3-2-4-13(15)10-16(17)23(18,19)20/h2-9,16H,10-11H2,1H3,(H2,18,19,20). The van der Waals surface area contributed by atoms with Gasteiger partial charge in [-0.1, -0.05) is 30.3 Å². The molecule has 0 saturated heterocycles. The fourth-order valence-electron chi connectivity index (χ4n) is 2.00. The topological polar surface area (TPSA) is 76.0 Å². The lowest BCUT2D eigenvalue weighted by Gasteiger charge is -2.14. The first-order valence-electron chi connectivity index (χ1n) is 6.93. The summed E-state index contributed by atoms with van der Waals surface area (Å²) in [4.78, 5) is 17.8. The molecular weight excluding hydrogens is 322 g/mol. The molecule has 0 aromatic heterocycles. The molecule has 0 aliphatic heterocycles. The van der Waals surface area contributed by atoms with Gasteiger partial charge in [0.1, 0.15) is 18.1 Å². The number of ether oxygens (including phenoxy) is 2. The van der Waals surface area contributed by atoms with Crippen molar-refractivity contribution in [2.75, 3.05) is 7.11 Å². The summed E-state index contributed by atoms with van der Waals surface area (Å²) in [5, 5.41) is 0. The van der Waals surface area contributed by atoms with E-state index < -0.39 is 19.9 Å². The van der Waals surface area contributed by atoms with Crippen LogP contribution >= 0.6 is 7.60 Å². The summed E-state index contributed by atoms with van der Waals surface area (Å²) in [5.41, 5.74) is 1.31. The largest absolute Gasteiger partial charge is 0.497 e. The normalized spacial score (nSPS) is 12.7. The second kappa shape index (κ2) is 7.59. The van der Waals surface area contributed by atoms with Crippen molar-refractivity contribution in [1.82, 2.24) is 0 Å². The Bertz CT molecular complexity index is 683. The maximum absolute atomic E-state index is 13.6. The zero-order valence-electron chi connectivity index (χ0n) is 12.6. The van der Waals surface area contributed by atoms with Gasteiger partial charge in [-0.2, -0.15) is 0 Å². The van der Waals surface area contributed by atoms with Gasteiger partial charge in [-0.25, -0.2) is 4.39 Å². The van der Waals surface area contributed by atoms with E-state index in [0.717, 1.165) is 11.3 Å². The summed E-state index contributed by atoms with van der Waals surface area (Å²) >= 11 is 0. The van der Waals surface area contributed by atoms with Crippen LogP contribution in [-0.4, -0.2) is 22.8 Å². The van der Waals surface area contributed by atoms with Gasteiger partial charge in [-0.15, -0.1) is 0 Å². The summed E-state index contributed by atoms with van der Waals surface area (Å²) in [5.74, 6) is -1.11. The van der Waals surface area contributed by atoms with Crippen molar-refractivity contribution in [3.63, 3.8) is 0 Å². The third-order valence-electron chi connectivity index (χ3n) is 3.28. The highest BCUT2D eigenvalue weighted by Crippen LogP contribution is 2.44. The van der Waals surface area contributed by atoms with Crippen molar-refractivity contribution >= 4 is 7.60 Å². The third kappa shape index (κ3) is 5.06. The molecule has 2 aromatic rings. The molecule has 0 radical (unpaired) electrons. The number of hydrogen-bond acceptors (Lipinski definition) is 3. The molecular formula is C16H18FO5P. The quantitative estimate of drug-likeness (QED) is 0.757. The fourth-order valence-corrected chi connectivity index (χ4v) is 2.43. The van der Waals surface area contributed by atoms with E-state index in [1.165, 1.54) is 0 Å². The molecule has 0 saturated carbocycles. The van der Waals surface area contributed by atoms with Crippen LogP contribution in [0.25, 0.3) is 0 Å². The molecule has 23 heavy (non-hydrogen) atoms. The molecule has 0 aliphatic rings. The monoisotopic (exact) mass is 340 g/mol. The van der Waals surface area contributed by atoms with E-state index in [4.69, 9.17) is 19.3 Å². The average Bonchev–Trinajstić information content (AvgIpc) is 2.53. The van der Waals surface area contributed by atoms with Gasteiger partial charge in [0.15, 0.2) is 0 Å². The predicted molar refractivity (Wildman–Crippen MR) is 84.4 cm³/mol. The van der Waals surface area contributed by atoms with Crippen LogP contribution in [0.2, 0.25) is 0 Å². The van der Waals surface area contributed by atoms with E-state index >= 15 is 0 Å². The van der Waals surface area contributed by atoms with Gasteiger partial charge in [-0.3, -0.25) is 4.57 Å². The first-order chi connectivity index (χ1) is 10.9.